The average Bonchev–Trinajstić information content (AvgIpc) is 2.97. The number of hydrogen-bond donors (Lipinski definition) is 1. The number of hydrogen-bond acceptors (Lipinski definition) is 5. The van der Waals surface area contributed by atoms with Gasteiger partial charge in [0, 0.05) is 10.4 Å². The zero-order valence-corrected chi connectivity index (χ0v) is 14.7. The lowest BCUT2D eigenvalue weighted by atomic mass is 9.64. The van der Waals surface area contributed by atoms with E-state index in [1.54, 1.807) is 24.4 Å². The SMILES string of the molecule is CCOC(=O)c1csc(NC(=O)C2(c3ccc(Cl)cc3)CCC2)n1. The van der Waals surface area contributed by atoms with Gasteiger partial charge < -0.3 is 10.1 Å². The van der Waals surface area contributed by atoms with Crippen LogP contribution in [0.25, 0.3) is 0 Å². The number of ether oxygens (including phenoxy) is 1. The molecule has 1 N–H and O–H groups in total. The van der Waals surface area contributed by atoms with Crippen LogP contribution in [0.4, 0.5) is 5.13 Å². The zero-order chi connectivity index (χ0) is 17.2. The van der Waals surface area contributed by atoms with Gasteiger partial charge in [-0.1, -0.05) is 30.2 Å². The van der Waals surface area contributed by atoms with E-state index < -0.39 is 11.4 Å². The van der Waals surface area contributed by atoms with E-state index >= 15 is 0 Å². The molecule has 0 unspecified atom stereocenters. The van der Waals surface area contributed by atoms with E-state index in [0.717, 1.165) is 24.8 Å². The first-order valence-electron chi connectivity index (χ1n) is 7.75. The van der Waals surface area contributed by atoms with Crippen molar-refractivity contribution >= 4 is 39.9 Å². The van der Waals surface area contributed by atoms with E-state index in [2.05, 4.69) is 10.3 Å². The molecule has 3 rings (SSSR count). The number of rotatable bonds is 5. The van der Waals surface area contributed by atoms with Gasteiger partial charge in [0.2, 0.25) is 5.91 Å². The summed E-state index contributed by atoms with van der Waals surface area (Å²) >= 11 is 7.15. The molecule has 1 fully saturated rings. The van der Waals surface area contributed by atoms with Crippen molar-refractivity contribution in [3.05, 3.63) is 45.9 Å². The Morgan fingerprint density at radius 2 is 2.04 bits per heavy atom. The molecule has 1 aromatic carbocycles. The molecule has 1 saturated carbocycles. The summed E-state index contributed by atoms with van der Waals surface area (Å²) in [5.41, 5.74) is 0.629. The van der Waals surface area contributed by atoms with Crippen LogP contribution in [0.3, 0.4) is 0 Å². The van der Waals surface area contributed by atoms with Crippen LogP contribution in [0, 0.1) is 0 Å². The van der Waals surface area contributed by atoms with Gasteiger partial charge in [0.25, 0.3) is 0 Å². The maximum Gasteiger partial charge on any atom is 0.357 e. The van der Waals surface area contributed by atoms with Crippen molar-refractivity contribution in [2.75, 3.05) is 11.9 Å². The van der Waals surface area contributed by atoms with E-state index in [1.807, 2.05) is 12.1 Å². The van der Waals surface area contributed by atoms with Crippen LogP contribution < -0.4 is 5.32 Å². The third-order valence-electron chi connectivity index (χ3n) is 4.25. The van der Waals surface area contributed by atoms with Gasteiger partial charge in [-0.25, -0.2) is 9.78 Å². The number of esters is 1. The highest BCUT2D eigenvalue weighted by molar-refractivity contribution is 7.14. The Morgan fingerprint density at radius 3 is 2.62 bits per heavy atom. The highest BCUT2D eigenvalue weighted by Gasteiger charge is 2.45. The third-order valence-corrected chi connectivity index (χ3v) is 5.26. The van der Waals surface area contributed by atoms with Gasteiger partial charge in [-0.2, -0.15) is 0 Å². The standard InChI is InChI=1S/C17H17ClN2O3S/c1-2-23-14(21)13-10-24-16(19-13)20-15(22)17(8-3-9-17)11-4-6-12(18)7-5-11/h4-7,10H,2-3,8-9H2,1H3,(H,19,20,22). The highest BCUT2D eigenvalue weighted by atomic mass is 35.5. The zero-order valence-electron chi connectivity index (χ0n) is 13.2. The van der Waals surface area contributed by atoms with Crippen LogP contribution >= 0.6 is 22.9 Å². The van der Waals surface area contributed by atoms with Crippen molar-refractivity contribution in [3.63, 3.8) is 0 Å². The lowest BCUT2D eigenvalue weighted by Gasteiger charge is -2.40. The Hall–Kier alpha value is -1.92. The lowest BCUT2D eigenvalue weighted by molar-refractivity contribution is -0.124. The van der Waals surface area contributed by atoms with Gasteiger partial charge in [-0.05, 0) is 37.5 Å². The minimum absolute atomic E-state index is 0.0965. The molecule has 126 valence electrons. The summed E-state index contributed by atoms with van der Waals surface area (Å²) in [6, 6.07) is 7.39. The molecule has 5 nitrogen and oxygen atoms in total. The molecular weight excluding hydrogens is 348 g/mol. The second kappa shape index (κ2) is 6.91. The quantitative estimate of drug-likeness (QED) is 0.813. The fourth-order valence-electron chi connectivity index (χ4n) is 2.79. The molecule has 1 aliphatic rings. The van der Waals surface area contributed by atoms with E-state index in [9.17, 15) is 9.59 Å². The van der Waals surface area contributed by atoms with Crippen LogP contribution in [-0.4, -0.2) is 23.5 Å². The predicted octanol–water partition coefficient (Wildman–Crippen LogP) is 4.03. The number of carbonyl (C=O) groups is 2. The molecule has 0 aliphatic heterocycles. The van der Waals surface area contributed by atoms with Gasteiger partial charge in [0.15, 0.2) is 10.8 Å². The van der Waals surface area contributed by atoms with Crippen LogP contribution in [0.15, 0.2) is 29.6 Å². The normalized spacial score (nSPS) is 15.4. The minimum atomic E-state index is -0.541. The summed E-state index contributed by atoms with van der Waals surface area (Å²) in [5, 5.41) is 5.48. The molecule has 7 heteroatoms. The van der Waals surface area contributed by atoms with Gasteiger partial charge in [0.05, 0.1) is 12.0 Å². The summed E-state index contributed by atoms with van der Waals surface area (Å²) in [6.45, 7) is 2.02. The number of carbonyl (C=O) groups excluding carboxylic acids is 2. The lowest BCUT2D eigenvalue weighted by Crippen LogP contribution is -2.46. The van der Waals surface area contributed by atoms with Crippen molar-refractivity contribution in [2.45, 2.75) is 31.6 Å². The number of aromatic nitrogens is 1. The second-order valence-electron chi connectivity index (χ2n) is 5.66. The molecule has 1 amide bonds. The van der Waals surface area contributed by atoms with Crippen molar-refractivity contribution in [3.8, 4) is 0 Å². The largest absolute Gasteiger partial charge is 0.461 e. The van der Waals surface area contributed by atoms with Crippen LogP contribution in [-0.2, 0) is 14.9 Å². The number of thiazole rings is 1. The second-order valence-corrected chi connectivity index (χ2v) is 6.95. The highest BCUT2D eigenvalue weighted by Crippen LogP contribution is 2.45. The molecule has 0 radical (unpaired) electrons. The van der Waals surface area contributed by atoms with Crippen molar-refractivity contribution in [1.82, 2.24) is 4.98 Å². The molecule has 24 heavy (non-hydrogen) atoms. The van der Waals surface area contributed by atoms with E-state index in [4.69, 9.17) is 16.3 Å². The fraction of sp³-hybridized carbons (Fsp3) is 0.353. The predicted molar refractivity (Wildman–Crippen MR) is 93.7 cm³/mol. The fourth-order valence-corrected chi connectivity index (χ4v) is 3.59. The molecule has 1 aliphatic carbocycles. The monoisotopic (exact) mass is 364 g/mol. The molecular formula is C17H17ClN2O3S. The van der Waals surface area contributed by atoms with Crippen LogP contribution in [0.5, 0.6) is 0 Å². The Kier molecular flexibility index (Phi) is 4.87. The number of nitrogens with one attached hydrogen (secondary N) is 1. The average molecular weight is 365 g/mol. The van der Waals surface area contributed by atoms with E-state index in [-0.39, 0.29) is 18.2 Å². The number of halogens is 1. The van der Waals surface area contributed by atoms with Crippen LogP contribution in [0.2, 0.25) is 5.02 Å². The Balaban J connectivity index is 1.76. The first-order chi connectivity index (χ1) is 11.5. The maximum atomic E-state index is 12.8. The van der Waals surface area contributed by atoms with Crippen molar-refractivity contribution < 1.29 is 14.3 Å². The Morgan fingerprint density at radius 1 is 1.33 bits per heavy atom. The number of benzene rings is 1. The molecule has 0 spiro atoms. The minimum Gasteiger partial charge on any atom is -0.461 e. The van der Waals surface area contributed by atoms with E-state index in [1.165, 1.54) is 11.3 Å². The van der Waals surface area contributed by atoms with Gasteiger partial charge >= 0.3 is 5.97 Å². The first-order valence-corrected chi connectivity index (χ1v) is 9.01. The van der Waals surface area contributed by atoms with Crippen molar-refractivity contribution in [1.29, 1.82) is 0 Å². The molecule has 0 saturated heterocycles. The number of nitrogens with zero attached hydrogens (tertiary/aromatic N) is 1. The molecule has 0 atom stereocenters. The van der Waals surface area contributed by atoms with E-state index in [0.29, 0.717) is 10.2 Å². The topological polar surface area (TPSA) is 68.3 Å². The summed E-state index contributed by atoms with van der Waals surface area (Å²) in [5.74, 6) is -0.578. The number of amides is 1. The van der Waals surface area contributed by atoms with Crippen molar-refractivity contribution in [2.24, 2.45) is 0 Å². The molecule has 0 bridgehead atoms. The molecule has 1 aromatic heterocycles. The van der Waals surface area contributed by atoms with Crippen LogP contribution in [0.1, 0.15) is 42.2 Å². The third kappa shape index (κ3) is 3.16. The summed E-state index contributed by atoms with van der Waals surface area (Å²) < 4.78 is 4.91. The summed E-state index contributed by atoms with van der Waals surface area (Å²) in [4.78, 5) is 28.6. The molecule has 2 aromatic rings. The summed E-state index contributed by atoms with van der Waals surface area (Å²) in [7, 11) is 0. The first kappa shape index (κ1) is 16.9. The molecule has 1 heterocycles. The number of anilines is 1. The maximum absolute atomic E-state index is 12.8. The summed E-state index contributed by atoms with van der Waals surface area (Å²) in [6.07, 6.45) is 2.58. The Labute approximate surface area is 149 Å². The smallest absolute Gasteiger partial charge is 0.357 e. The Bertz CT molecular complexity index is 753. The van der Waals surface area contributed by atoms with Gasteiger partial charge in [-0.3, -0.25) is 4.79 Å². The van der Waals surface area contributed by atoms with Gasteiger partial charge in [-0.15, -0.1) is 11.3 Å². The van der Waals surface area contributed by atoms with Gasteiger partial charge in [0.1, 0.15) is 0 Å².